The summed E-state index contributed by atoms with van der Waals surface area (Å²) in [6.07, 6.45) is 5.98. The van der Waals surface area contributed by atoms with Crippen LogP contribution in [0.5, 0.6) is 11.5 Å². The normalized spacial score (nSPS) is 10.4. The number of nitrogens with zero attached hydrogens (tertiary/aromatic N) is 3. The maximum absolute atomic E-state index is 12.6. The molecule has 0 aliphatic carbocycles. The van der Waals surface area contributed by atoms with Crippen molar-refractivity contribution < 1.29 is 14.3 Å². The van der Waals surface area contributed by atoms with Crippen LogP contribution in [0.1, 0.15) is 30.6 Å². The van der Waals surface area contributed by atoms with E-state index in [2.05, 4.69) is 15.4 Å². The number of nitrogens with one attached hydrogen (secondary N) is 1. The topological polar surface area (TPSA) is 78.3 Å². The molecule has 3 rings (SSSR count). The van der Waals surface area contributed by atoms with Gasteiger partial charge < -0.3 is 14.8 Å². The molecule has 2 heterocycles. The minimum absolute atomic E-state index is 0.244. The van der Waals surface area contributed by atoms with Crippen molar-refractivity contribution in [2.24, 2.45) is 0 Å². The van der Waals surface area contributed by atoms with E-state index in [4.69, 9.17) is 9.47 Å². The van der Waals surface area contributed by atoms with Crippen LogP contribution in [0.2, 0.25) is 0 Å². The van der Waals surface area contributed by atoms with E-state index >= 15 is 0 Å². The first-order valence-electron chi connectivity index (χ1n) is 8.88. The summed E-state index contributed by atoms with van der Waals surface area (Å²) in [7, 11) is 0. The van der Waals surface area contributed by atoms with Gasteiger partial charge in [0.1, 0.15) is 0 Å². The average Bonchev–Trinajstić information content (AvgIpc) is 3.22. The number of carbonyl (C=O) groups is 1. The molecule has 0 atom stereocenters. The predicted molar refractivity (Wildman–Crippen MR) is 103 cm³/mol. The summed E-state index contributed by atoms with van der Waals surface area (Å²) in [5, 5.41) is 6.96. The molecular weight excluding hydrogens is 344 g/mol. The Kier molecular flexibility index (Phi) is 6.04. The molecule has 0 bridgehead atoms. The second kappa shape index (κ2) is 8.84. The standard InChI is InChI=1S/C20H22N4O3/c1-3-12-27-17-8-6-15(13-18(17)26-4-2)20(25)23-16-7-9-19(21-14-16)24-11-5-10-22-24/h5-11,13-14H,3-4,12H2,1-2H3,(H,23,25). The summed E-state index contributed by atoms with van der Waals surface area (Å²) >= 11 is 0. The van der Waals surface area contributed by atoms with E-state index in [0.717, 1.165) is 6.42 Å². The number of amides is 1. The third-order valence-corrected chi connectivity index (χ3v) is 3.71. The molecule has 1 N–H and O–H groups in total. The van der Waals surface area contributed by atoms with Gasteiger partial charge in [-0.3, -0.25) is 4.79 Å². The lowest BCUT2D eigenvalue weighted by Gasteiger charge is -2.13. The molecule has 0 fully saturated rings. The van der Waals surface area contributed by atoms with E-state index in [1.807, 2.05) is 19.9 Å². The first-order chi connectivity index (χ1) is 13.2. The van der Waals surface area contributed by atoms with Crippen LogP contribution in [0.15, 0.2) is 55.0 Å². The quantitative estimate of drug-likeness (QED) is 0.657. The summed E-state index contributed by atoms with van der Waals surface area (Å²) in [6.45, 7) is 5.02. The Bertz CT molecular complexity index is 877. The van der Waals surface area contributed by atoms with Gasteiger partial charge in [-0.25, -0.2) is 9.67 Å². The van der Waals surface area contributed by atoms with Gasteiger partial charge in [0.25, 0.3) is 5.91 Å². The molecule has 3 aromatic rings. The summed E-state index contributed by atoms with van der Waals surface area (Å²) in [5.41, 5.74) is 1.08. The van der Waals surface area contributed by atoms with E-state index in [0.29, 0.717) is 41.8 Å². The van der Waals surface area contributed by atoms with Gasteiger partial charge >= 0.3 is 0 Å². The molecule has 1 aromatic carbocycles. The van der Waals surface area contributed by atoms with Crippen LogP contribution in [-0.2, 0) is 0 Å². The molecule has 0 spiro atoms. The lowest BCUT2D eigenvalue weighted by atomic mass is 10.2. The van der Waals surface area contributed by atoms with Crippen LogP contribution in [0.25, 0.3) is 5.82 Å². The average molecular weight is 366 g/mol. The van der Waals surface area contributed by atoms with Crippen molar-refractivity contribution in [2.75, 3.05) is 18.5 Å². The number of anilines is 1. The van der Waals surface area contributed by atoms with E-state index < -0.39 is 0 Å². The molecule has 0 radical (unpaired) electrons. The van der Waals surface area contributed by atoms with Gasteiger partial charge in [-0.05, 0) is 49.7 Å². The van der Waals surface area contributed by atoms with Gasteiger partial charge in [-0.2, -0.15) is 5.10 Å². The predicted octanol–water partition coefficient (Wildman–Crippen LogP) is 3.71. The first kappa shape index (κ1) is 18.4. The number of hydrogen-bond donors (Lipinski definition) is 1. The molecular formula is C20H22N4O3. The van der Waals surface area contributed by atoms with Crippen molar-refractivity contribution in [3.05, 3.63) is 60.6 Å². The molecule has 0 aliphatic rings. The number of aromatic nitrogens is 3. The molecule has 7 nitrogen and oxygen atoms in total. The maximum atomic E-state index is 12.6. The smallest absolute Gasteiger partial charge is 0.255 e. The molecule has 7 heteroatoms. The number of benzene rings is 1. The maximum Gasteiger partial charge on any atom is 0.255 e. The zero-order valence-corrected chi connectivity index (χ0v) is 15.4. The van der Waals surface area contributed by atoms with Crippen molar-refractivity contribution in [3.8, 4) is 17.3 Å². The lowest BCUT2D eigenvalue weighted by Crippen LogP contribution is -2.13. The van der Waals surface area contributed by atoms with Gasteiger partial charge in [0, 0.05) is 18.0 Å². The molecule has 0 saturated heterocycles. The number of carbonyl (C=O) groups excluding carboxylic acids is 1. The van der Waals surface area contributed by atoms with Crippen LogP contribution < -0.4 is 14.8 Å². The zero-order chi connectivity index (χ0) is 19.1. The Morgan fingerprint density at radius 1 is 1.15 bits per heavy atom. The van der Waals surface area contributed by atoms with E-state index in [9.17, 15) is 4.79 Å². The molecule has 0 aliphatic heterocycles. The Hall–Kier alpha value is -3.35. The lowest BCUT2D eigenvalue weighted by molar-refractivity contribution is 0.102. The fourth-order valence-electron chi connectivity index (χ4n) is 2.45. The second-order valence-electron chi connectivity index (χ2n) is 5.75. The van der Waals surface area contributed by atoms with Crippen molar-refractivity contribution in [1.29, 1.82) is 0 Å². The Morgan fingerprint density at radius 2 is 2.04 bits per heavy atom. The zero-order valence-electron chi connectivity index (χ0n) is 15.4. The Morgan fingerprint density at radius 3 is 2.70 bits per heavy atom. The van der Waals surface area contributed by atoms with Crippen molar-refractivity contribution in [2.45, 2.75) is 20.3 Å². The number of pyridine rings is 1. The summed E-state index contributed by atoms with van der Waals surface area (Å²) < 4.78 is 12.9. The third-order valence-electron chi connectivity index (χ3n) is 3.71. The van der Waals surface area contributed by atoms with Crippen LogP contribution in [0.4, 0.5) is 5.69 Å². The minimum Gasteiger partial charge on any atom is -0.490 e. The Labute approximate surface area is 158 Å². The summed E-state index contributed by atoms with van der Waals surface area (Å²) in [6, 6.07) is 10.6. The monoisotopic (exact) mass is 366 g/mol. The molecule has 0 unspecified atom stereocenters. The van der Waals surface area contributed by atoms with Gasteiger partial charge in [-0.1, -0.05) is 6.92 Å². The summed E-state index contributed by atoms with van der Waals surface area (Å²) in [4.78, 5) is 16.9. The SMILES string of the molecule is CCCOc1ccc(C(=O)Nc2ccc(-n3cccn3)nc2)cc1OCC. The Balaban J connectivity index is 1.72. The van der Waals surface area contributed by atoms with E-state index in [-0.39, 0.29) is 5.91 Å². The van der Waals surface area contributed by atoms with E-state index in [1.165, 1.54) is 0 Å². The highest BCUT2D eigenvalue weighted by Crippen LogP contribution is 2.29. The van der Waals surface area contributed by atoms with Crippen LogP contribution in [-0.4, -0.2) is 33.9 Å². The fourth-order valence-corrected chi connectivity index (χ4v) is 2.45. The van der Waals surface area contributed by atoms with Crippen molar-refractivity contribution in [1.82, 2.24) is 14.8 Å². The van der Waals surface area contributed by atoms with Gasteiger partial charge in [0.15, 0.2) is 17.3 Å². The third kappa shape index (κ3) is 4.63. The van der Waals surface area contributed by atoms with Crippen LogP contribution in [0, 0.1) is 0 Å². The molecule has 0 saturated carbocycles. The van der Waals surface area contributed by atoms with Crippen LogP contribution >= 0.6 is 0 Å². The molecule has 27 heavy (non-hydrogen) atoms. The van der Waals surface area contributed by atoms with Crippen LogP contribution in [0.3, 0.4) is 0 Å². The van der Waals surface area contributed by atoms with Crippen molar-refractivity contribution >= 4 is 11.6 Å². The highest BCUT2D eigenvalue weighted by atomic mass is 16.5. The first-order valence-corrected chi connectivity index (χ1v) is 8.88. The molecule has 1 amide bonds. The minimum atomic E-state index is -0.244. The largest absolute Gasteiger partial charge is 0.490 e. The van der Waals surface area contributed by atoms with Gasteiger partial charge in [0.2, 0.25) is 0 Å². The molecule has 2 aromatic heterocycles. The van der Waals surface area contributed by atoms with E-state index in [1.54, 1.807) is 53.6 Å². The number of ether oxygens (including phenoxy) is 2. The fraction of sp³-hybridized carbons (Fsp3) is 0.250. The molecule has 140 valence electrons. The highest BCUT2D eigenvalue weighted by Gasteiger charge is 2.12. The number of hydrogen-bond acceptors (Lipinski definition) is 5. The second-order valence-corrected chi connectivity index (χ2v) is 5.75. The highest BCUT2D eigenvalue weighted by molar-refractivity contribution is 6.04. The van der Waals surface area contributed by atoms with Gasteiger partial charge in [-0.15, -0.1) is 0 Å². The summed E-state index contributed by atoms with van der Waals surface area (Å²) in [5.74, 6) is 1.63. The van der Waals surface area contributed by atoms with Gasteiger partial charge in [0.05, 0.1) is 25.1 Å². The number of rotatable bonds is 8. The van der Waals surface area contributed by atoms with Crippen molar-refractivity contribution in [3.63, 3.8) is 0 Å².